The zero-order chi connectivity index (χ0) is 26.2. The van der Waals surface area contributed by atoms with Gasteiger partial charge in [0.15, 0.2) is 17.3 Å². The van der Waals surface area contributed by atoms with Crippen molar-refractivity contribution in [2.75, 3.05) is 14.2 Å². The van der Waals surface area contributed by atoms with Gasteiger partial charge in [-0.1, -0.05) is 6.07 Å². The van der Waals surface area contributed by atoms with Crippen LogP contribution in [-0.4, -0.2) is 47.6 Å². The van der Waals surface area contributed by atoms with Gasteiger partial charge in [0.2, 0.25) is 0 Å². The topological polar surface area (TPSA) is 81.9 Å². The summed E-state index contributed by atoms with van der Waals surface area (Å²) < 4.78 is 41.2. The number of rotatable bonds is 9. The SMILES string of the molecule is COc1cc2c(cc1OC)C(=O)C(CC(C)(F)CC1CCC(C)N1Cc1c(F)cccc1[N+](=O)[O-])C2. The highest BCUT2D eigenvalue weighted by Crippen LogP contribution is 2.42. The molecule has 2 aromatic carbocycles. The van der Waals surface area contributed by atoms with Crippen molar-refractivity contribution in [1.82, 2.24) is 4.90 Å². The van der Waals surface area contributed by atoms with Gasteiger partial charge in [-0.05, 0) is 69.7 Å². The van der Waals surface area contributed by atoms with Gasteiger partial charge in [-0.15, -0.1) is 0 Å². The maximum absolute atomic E-state index is 16.0. The van der Waals surface area contributed by atoms with Crippen LogP contribution >= 0.6 is 0 Å². The number of benzene rings is 2. The van der Waals surface area contributed by atoms with E-state index in [0.29, 0.717) is 29.9 Å². The average molecular weight is 503 g/mol. The van der Waals surface area contributed by atoms with E-state index in [2.05, 4.69) is 0 Å². The number of ketones is 1. The third-order valence-corrected chi connectivity index (χ3v) is 7.63. The number of halogens is 2. The van der Waals surface area contributed by atoms with Gasteiger partial charge in [0.1, 0.15) is 11.5 Å². The quantitative estimate of drug-likeness (QED) is 0.325. The Kier molecular flexibility index (Phi) is 7.31. The molecule has 0 amide bonds. The summed E-state index contributed by atoms with van der Waals surface area (Å²) in [5.41, 5.74) is -0.537. The maximum Gasteiger partial charge on any atom is 0.276 e. The molecule has 7 nitrogen and oxygen atoms in total. The van der Waals surface area contributed by atoms with Gasteiger partial charge in [0.05, 0.1) is 24.7 Å². The van der Waals surface area contributed by atoms with Crippen LogP contribution in [0.15, 0.2) is 30.3 Å². The highest BCUT2D eigenvalue weighted by atomic mass is 19.1. The van der Waals surface area contributed by atoms with Crippen molar-refractivity contribution >= 4 is 11.5 Å². The third-order valence-electron chi connectivity index (χ3n) is 7.63. The molecule has 36 heavy (non-hydrogen) atoms. The minimum absolute atomic E-state index is 0.0196. The Hall–Kier alpha value is -3.07. The highest BCUT2D eigenvalue weighted by molar-refractivity contribution is 6.03. The van der Waals surface area contributed by atoms with Crippen molar-refractivity contribution in [1.29, 1.82) is 0 Å². The molecule has 2 aromatic rings. The van der Waals surface area contributed by atoms with Crippen molar-refractivity contribution < 1.29 is 28.0 Å². The summed E-state index contributed by atoms with van der Waals surface area (Å²) in [4.78, 5) is 25.9. The second-order valence-corrected chi connectivity index (χ2v) is 10.2. The smallest absolute Gasteiger partial charge is 0.276 e. The van der Waals surface area contributed by atoms with Gasteiger partial charge in [0, 0.05) is 36.2 Å². The van der Waals surface area contributed by atoms with Crippen molar-refractivity contribution in [3.63, 3.8) is 0 Å². The zero-order valence-electron chi connectivity index (χ0n) is 21.1. The number of carbonyl (C=O) groups excluding carboxylic acids is 1. The predicted molar refractivity (Wildman–Crippen MR) is 131 cm³/mol. The van der Waals surface area contributed by atoms with Gasteiger partial charge in [-0.2, -0.15) is 0 Å². The van der Waals surface area contributed by atoms with Gasteiger partial charge in [-0.25, -0.2) is 8.78 Å². The van der Waals surface area contributed by atoms with Crippen molar-refractivity contribution in [2.45, 2.75) is 70.2 Å². The van der Waals surface area contributed by atoms with Gasteiger partial charge >= 0.3 is 0 Å². The zero-order valence-corrected chi connectivity index (χ0v) is 21.1. The van der Waals surface area contributed by atoms with Crippen LogP contribution in [0.3, 0.4) is 0 Å². The van der Waals surface area contributed by atoms with E-state index in [-0.39, 0.29) is 48.5 Å². The first-order chi connectivity index (χ1) is 17.0. The van der Waals surface area contributed by atoms with E-state index in [1.54, 1.807) is 12.1 Å². The Morgan fingerprint density at radius 3 is 2.53 bits per heavy atom. The van der Waals surface area contributed by atoms with Crippen LogP contribution in [0.25, 0.3) is 0 Å². The molecule has 4 unspecified atom stereocenters. The molecule has 1 saturated heterocycles. The van der Waals surface area contributed by atoms with Crippen molar-refractivity contribution in [3.8, 4) is 11.5 Å². The lowest BCUT2D eigenvalue weighted by Crippen LogP contribution is -2.39. The summed E-state index contributed by atoms with van der Waals surface area (Å²) >= 11 is 0. The number of carbonyl (C=O) groups is 1. The molecule has 1 aliphatic carbocycles. The number of Topliss-reactive ketones (excluding diaryl/α,β-unsaturated/α-hetero) is 1. The van der Waals surface area contributed by atoms with Crippen molar-refractivity contribution in [2.24, 2.45) is 5.92 Å². The summed E-state index contributed by atoms with van der Waals surface area (Å²) in [5, 5.41) is 11.5. The fourth-order valence-electron chi connectivity index (χ4n) is 5.84. The molecule has 0 aromatic heterocycles. The summed E-state index contributed by atoms with van der Waals surface area (Å²) in [6, 6.07) is 7.08. The molecule has 0 saturated carbocycles. The van der Waals surface area contributed by atoms with E-state index in [1.165, 1.54) is 39.3 Å². The summed E-state index contributed by atoms with van der Waals surface area (Å²) in [6.45, 7) is 3.52. The average Bonchev–Trinajstić information content (AvgIpc) is 3.31. The van der Waals surface area contributed by atoms with Crippen LogP contribution in [0.5, 0.6) is 11.5 Å². The van der Waals surface area contributed by atoms with E-state index in [1.807, 2.05) is 11.8 Å². The molecule has 1 fully saturated rings. The Morgan fingerprint density at radius 2 is 1.86 bits per heavy atom. The second kappa shape index (κ2) is 10.1. The molecule has 9 heteroatoms. The fourth-order valence-corrected chi connectivity index (χ4v) is 5.84. The minimum Gasteiger partial charge on any atom is -0.493 e. The minimum atomic E-state index is -1.65. The lowest BCUT2D eigenvalue weighted by Gasteiger charge is -2.33. The monoisotopic (exact) mass is 502 g/mol. The summed E-state index contributed by atoms with van der Waals surface area (Å²) in [5.74, 6) is -0.234. The molecule has 0 N–H and O–H groups in total. The molecule has 4 rings (SSSR count). The molecule has 194 valence electrons. The number of hydrogen-bond acceptors (Lipinski definition) is 6. The number of nitro groups is 1. The Bertz CT molecular complexity index is 1170. The first-order valence-electron chi connectivity index (χ1n) is 12.2. The number of methoxy groups -OCH3 is 2. The summed E-state index contributed by atoms with van der Waals surface area (Å²) in [6.07, 6.45) is 2.14. The standard InChI is InChI=1S/C27H32F2N2O5/c1-16-8-9-19(30(16)15-21-22(28)6-5-7-23(21)31(33)34)14-27(2,29)13-18-10-17-11-24(35-3)25(36-4)12-20(17)26(18)32/h5-7,11-12,16,18-19H,8-10,13-15H2,1-4H3. The number of likely N-dealkylation sites (tertiary alicyclic amines) is 1. The van der Waals surface area contributed by atoms with Gasteiger partial charge < -0.3 is 9.47 Å². The van der Waals surface area contributed by atoms with Crippen LogP contribution < -0.4 is 9.47 Å². The van der Waals surface area contributed by atoms with E-state index in [0.717, 1.165) is 12.0 Å². The predicted octanol–water partition coefficient (Wildman–Crippen LogP) is 5.67. The fraction of sp³-hybridized carbons (Fsp3) is 0.519. The first kappa shape index (κ1) is 26.0. The number of fused-ring (bicyclic) bond motifs is 1. The van der Waals surface area contributed by atoms with Crippen LogP contribution in [-0.2, 0) is 13.0 Å². The molecular formula is C27H32F2N2O5. The number of alkyl halides is 1. The van der Waals surface area contributed by atoms with Gasteiger partial charge in [0.25, 0.3) is 5.69 Å². The van der Waals surface area contributed by atoms with Crippen LogP contribution in [0.2, 0.25) is 0 Å². The number of hydrogen-bond donors (Lipinski definition) is 0. The maximum atomic E-state index is 16.0. The Morgan fingerprint density at radius 1 is 1.17 bits per heavy atom. The second-order valence-electron chi connectivity index (χ2n) is 10.2. The van der Waals surface area contributed by atoms with Crippen molar-refractivity contribution in [3.05, 3.63) is 63.0 Å². The molecule has 0 bridgehead atoms. The van der Waals surface area contributed by atoms with E-state index in [9.17, 15) is 19.3 Å². The van der Waals surface area contributed by atoms with Gasteiger partial charge in [-0.3, -0.25) is 19.8 Å². The molecular weight excluding hydrogens is 470 g/mol. The van der Waals surface area contributed by atoms with Crippen LogP contribution in [0.4, 0.5) is 14.5 Å². The largest absolute Gasteiger partial charge is 0.493 e. The Labute approximate surface area is 209 Å². The first-order valence-corrected chi connectivity index (χ1v) is 12.2. The summed E-state index contributed by atoms with van der Waals surface area (Å²) in [7, 11) is 3.03. The molecule has 1 heterocycles. The Balaban J connectivity index is 1.48. The molecule has 0 radical (unpaired) electrons. The third kappa shape index (κ3) is 5.07. The van der Waals surface area contributed by atoms with E-state index < -0.39 is 22.3 Å². The normalized spacial score (nSPS) is 23.4. The van der Waals surface area contributed by atoms with E-state index >= 15 is 4.39 Å². The lowest BCUT2D eigenvalue weighted by molar-refractivity contribution is -0.386. The number of ether oxygens (including phenoxy) is 2. The van der Waals surface area contributed by atoms with Crippen LogP contribution in [0.1, 0.15) is 61.0 Å². The highest BCUT2D eigenvalue weighted by Gasteiger charge is 2.42. The number of nitrogens with zero attached hydrogens (tertiary/aromatic N) is 2. The van der Waals surface area contributed by atoms with Crippen LogP contribution in [0, 0.1) is 21.8 Å². The lowest BCUT2D eigenvalue weighted by atomic mass is 9.85. The molecule has 0 spiro atoms. The molecule has 4 atom stereocenters. The molecule has 1 aliphatic heterocycles. The van der Waals surface area contributed by atoms with E-state index in [4.69, 9.17) is 9.47 Å². The molecule has 2 aliphatic rings. The number of nitro benzene ring substituents is 1.